The summed E-state index contributed by atoms with van der Waals surface area (Å²) >= 11 is 0. The first-order chi connectivity index (χ1) is 14.9. The molecular formula is C11H17F2N6O11P3. The number of hydrogen-bond acceptors (Lipinski definition) is 9. The van der Waals surface area contributed by atoms with E-state index in [-0.39, 0.29) is 12.0 Å². The number of aromatic nitrogens is 2. The van der Waals surface area contributed by atoms with Gasteiger partial charge in [0.05, 0.1) is 18.8 Å². The SMILES string of the molecule is Cc1cn([C@@H]2CC(N=[N+]=[N-])[C@H](COP(=O)(O)OP(=O)(O)C(F)(F)P(N)(=O)O)O2)c(=O)[nH]c1=O. The predicted molar refractivity (Wildman–Crippen MR) is 103 cm³/mol. The molecule has 1 saturated heterocycles. The molecule has 6 atom stereocenters. The summed E-state index contributed by atoms with van der Waals surface area (Å²) in [6, 6.07) is -1.15. The second-order valence-electron chi connectivity index (χ2n) is 6.61. The third-order valence-corrected chi connectivity index (χ3v) is 9.46. The van der Waals surface area contributed by atoms with Gasteiger partial charge in [0.2, 0.25) is 0 Å². The van der Waals surface area contributed by atoms with Crippen LogP contribution >= 0.6 is 22.9 Å². The summed E-state index contributed by atoms with van der Waals surface area (Å²) in [5, 5.41) is -2.14. The highest BCUT2D eigenvalue weighted by atomic mass is 31.3. The fourth-order valence-electron chi connectivity index (χ4n) is 2.59. The largest absolute Gasteiger partial charge is 0.479 e. The molecule has 186 valence electrons. The summed E-state index contributed by atoms with van der Waals surface area (Å²) < 4.78 is 75.8. The zero-order valence-electron chi connectivity index (χ0n) is 16.3. The summed E-state index contributed by atoms with van der Waals surface area (Å²) in [6.07, 6.45) is -1.63. The first-order valence-electron chi connectivity index (χ1n) is 8.44. The van der Waals surface area contributed by atoms with Crippen molar-refractivity contribution in [3.63, 3.8) is 0 Å². The van der Waals surface area contributed by atoms with E-state index in [0.29, 0.717) is 0 Å². The maximum Gasteiger partial charge on any atom is 0.479 e. The first kappa shape index (κ1) is 27.5. The van der Waals surface area contributed by atoms with Crippen LogP contribution < -0.4 is 16.8 Å². The highest BCUT2D eigenvalue weighted by Gasteiger charge is 2.65. The molecule has 0 bridgehead atoms. The molecule has 1 aromatic heterocycles. The fourth-order valence-corrected chi connectivity index (χ4v) is 6.40. The van der Waals surface area contributed by atoms with E-state index in [2.05, 4.69) is 24.4 Å². The van der Waals surface area contributed by atoms with Crippen LogP contribution in [-0.4, -0.2) is 48.4 Å². The number of phosphoric ester groups is 1. The van der Waals surface area contributed by atoms with Crippen molar-refractivity contribution >= 4 is 22.9 Å². The molecular weight excluding hydrogens is 523 g/mol. The topological polar surface area (TPSA) is 269 Å². The number of H-pyrrole nitrogens is 1. The van der Waals surface area contributed by atoms with Gasteiger partial charge in [0.1, 0.15) is 6.23 Å². The molecule has 0 aromatic carbocycles. The molecule has 1 fully saturated rings. The molecule has 1 aliphatic rings. The van der Waals surface area contributed by atoms with Crippen LogP contribution in [0, 0.1) is 6.92 Å². The number of aromatic amines is 1. The van der Waals surface area contributed by atoms with Gasteiger partial charge in [0.15, 0.2) is 0 Å². The minimum absolute atomic E-state index is 0.118. The Bertz CT molecular complexity index is 1220. The van der Waals surface area contributed by atoms with E-state index in [0.717, 1.165) is 10.8 Å². The van der Waals surface area contributed by atoms with Crippen molar-refractivity contribution in [2.24, 2.45) is 10.6 Å². The van der Waals surface area contributed by atoms with Crippen molar-refractivity contribution in [3.8, 4) is 0 Å². The quantitative estimate of drug-likeness (QED) is 0.126. The van der Waals surface area contributed by atoms with Gasteiger partial charge in [-0.2, -0.15) is 8.78 Å². The van der Waals surface area contributed by atoms with Crippen LogP contribution in [0.25, 0.3) is 10.4 Å². The van der Waals surface area contributed by atoms with E-state index >= 15 is 0 Å². The molecule has 22 heteroatoms. The van der Waals surface area contributed by atoms with Gasteiger partial charge in [-0.3, -0.25) is 33.5 Å². The van der Waals surface area contributed by atoms with Gasteiger partial charge in [0.25, 0.3) is 5.56 Å². The van der Waals surface area contributed by atoms with Crippen molar-refractivity contribution in [1.82, 2.24) is 9.55 Å². The van der Waals surface area contributed by atoms with Crippen molar-refractivity contribution in [3.05, 3.63) is 43.0 Å². The van der Waals surface area contributed by atoms with E-state index in [1.54, 1.807) is 0 Å². The minimum Gasteiger partial charge on any atom is -0.352 e. The van der Waals surface area contributed by atoms with Gasteiger partial charge in [-0.05, 0) is 12.5 Å². The van der Waals surface area contributed by atoms with E-state index in [1.807, 2.05) is 4.98 Å². The monoisotopic (exact) mass is 540 g/mol. The maximum absolute atomic E-state index is 13.6. The number of nitrogens with zero attached hydrogens (tertiary/aromatic N) is 4. The fraction of sp³-hybridized carbons (Fsp3) is 0.636. The van der Waals surface area contributed by atoms with E-state index in [4.69, 9.17) is 15.2 Å². The van der Waals surface area contributed by atoms with Crippen LogP contribution in [0.15, 0.2) is 20.9 Å². The van der Waals surface area contributed by atoms with Gasteiger partial charge in [-0.15, -0.1) is 0 Å². The Morgan fingerprint density at radius 3 is 2.55 bits per heavy atom. The van der Waals surface area contributed by atoms with E-state index < -0.39 is 64.6 Å². The number of nitrogens with two attached hydrogens (primary N) is 1. The number of hydrogen-bond donors (Lipinski definition) is 5. The Morgan fingerprint density at radius 2 is 2.00 bits per heavy atom. The lowest BCUT2D eigenvalue weighted by Crippen LogP contribution is -2.33. The summed E-state index contributed by atoms with van der Waals surface area (Å²) in [4.78, 5) is 55.5. The standard InChI is InChI=1S/C11H17F2N6O11P3/c1-5-3-19(10(21)16-9(5)20)8-2-6(17-18-14)7(29-8)4-28-33(26,27)30-32(24,25)11(12,13)31(15,22)23/h3,6-8H,2,4H2,1H3,(H,24,25)(H,26,27)(H3,15,22,23)(H,16,20,21)/t6?,7-,8-/m0/s1. The number of halogens is 2. The Labute approximate surface area is 181 Å². The van der Waals surface area contributed by atoms with Crippen molar-refractivity contribution in [1.29, 1.82) is 0 Å². The maximum atomic E-state index is 13.6. The lowest BCUT2D eigenvalue weighted by molar-refractivity contribution is -0.0268. The summed E-state index contributed by atoms with van der Waals surface area (Å²) in [5.41, 5.74) is 11.5. The van der Waals surface area contributed by atoms with Crippen molar-refractivity contribution in [2.75, 3.05) is 6.61 Å². The Balaban J connectivity index is 2.19. The van der Waals surface area contributed by atoms with Gasteiger partial charge in [-0.25, -0.2) is 13.7 Å². The van der Waals surface area contributed by atoms with E-state index in [1.165, 1.54) is 6.92 Å². The lowest BCUT2D eigenvalue weighted by atomic mass is 10.1. The highest BCUT2D eigenvalue weighted by Crippen LogP contribution is 2.76. The van der Waals surface area contributed by atoms with Crippen molar-refractivity contribution < 1.29 is 50.7 Å². The molecule has 1 aromatic rings. The normalized spacial score (nSPS) is 26.6. The number of phosphoric acid groups is 1. The van der Waals surface area contributed by atoms with Crippen LogP contribution in [0.2, 0.25) is 0 Å². The third kappa shape index (κ3) is 6.04. The molecule has 17 nitrogen and oxygen atoms in total. The van der Waals surface area contributed by atoms with Gasteiger partial charge >= 0.3 is 34.0 Å². The first-order valence-corrected chi connectivity index (χ1v) is 13.2. The zero-order valence-corrected chi connectivity index (χ0v) is 19.0. The second kappa shape index (κ2) is 9.49. The van der Waals surface area contributed by atoms with E-state index in [9.17, 15) is 41.9 Å². The van der Waals surface area contributed by atoms with Crippen LogP contribution in [0.3, 0.4) is 0 Å². The average Bonchev–Trinajstić information content (AvgIpc) is 3.04. The van der Waals surface area contributed by atoms with Gasteiger partial charge < -0.3 is 19.4 Å². The number of azide groups is 1. The number of rotatable bonds is 9. The van der Waals surface area contributed by atoms with Crippen LogP contribution in [0.1, 0.15) is 18.2 Å². The molecule has 33 heavy (non-hydrogen) atoms. The smallest absolute Gasteiger partial charge is 0.352 e. The van der Waals surface area contributed by atoms with Gasteiger partial charge in [-0.1, -0.05) is 5.11 Å². The molecule has 4 unspecified atom stereocenters. The van der Waals surface area contributed by atoms with Crippen molar-refractivity contribution in [2.45, 2.75) is 37.1 Å². The summed E-state index contributed by atoms with van der Waals surface area (Å²) in [5.74, 6) is 0. The second-order valence-corrected chi connectivity index (χ2v) is 12.2. The minimum atomic E-state index is -6.62. The molecule has 2 rings (SSSR count). The number of aryl methyl sites for hydroxylation is 1. The number of nitrogens with one attached hydrogen (secondary N) is 1. The molecule has 0 spiro atoms. The zero-order chi connectivity index (χ0) is 25.4. The molecule has 2 heterocycles. The lowest BCUT2D eigenvalue weighted by Gasteiger charge is -2.25. The van der Waals surface area contributed by atoms with Crippen LogP contribution in [-0.2, 0) is 27.3 Å². The van der Waals surface area contributed by atoms with Gasteiger partial charge in [0, 0.05) is 23.1 Å². The molecule has 0 amide bonds. The molecule has 0 aliphatic carbocycles. The third-order valence-electron chi connectivity index (χ3n) is 4.20. The average molecular weight is 540 g/mol. The number of ether oxygens (including phenoxy) is 1. The molecule has 6 N–H and O–H groups in total. The number of alkyl halides is 2. The molecule has 1 aliphatic heterocycles. The Hall–Kier alpha value is -1.74. The van der Waals surface area contributed by atoms with Crippen LogP contribution in [0.4, 0.5) is 8.78 Å². The molecule has 0 radical (unpaired) electrons. The Morgan fingerprint density at radius 1 is 1.39 bits per heavy atom. The predicted octanol–water partition coefficient (Wildman–Crippen LogP) is 0.825. The highest BCUT2D eigenvalue weighted by molar-refractivity contribution is 7.76. The Kier molecular flexibility index (Phi) is 7.91. The summed E-state index contributed by atoms with van der Waals surface area (Å²) in [7, 11) is -18.5. The summed E-state index contributed by atoms with van der Waals surface area (Å²) in [6.45, 7) is 0.334. The molecule has 0 saturated carbocycles. The van der Waals surface area contributed by atoms with Crippen LogP contribution in [0.5, 0.6) is 0 Å².